The molecule has 4 heteroatoms. The van der Waals surface area contributed by atoms with Crippen LogP contribution in [-0.4, -0.2) is 35.7 Å². The van der Waals surface area contributed by atoms with Gasteiger partial charge in [0.25, 0.3) is 0 Å². The van der Waals surface area contributed by atoms with Crippen molar-refractivity contribution in [3.63, 3.8) is 0 Å². The van der Waals surface area contributed by atoms with Crippen molar-refractivity contribution >= 4 is 5.91 Å². The maximum atomic E-state index is 13.5. The van der Waals surface area contributed by atoms with Gasteiger partial charge in [-0.15, -0.1) is 0 Å². The van der Waals surface area contributed by atoms with E-state index >= 15 is 0 Å². The molecule has 1 aromatic carbocycles. The Morgan fingerprint density at radius 1 is 1.25 bits per heavy atom. The highest BCUT2D eigenvalue weighted by Crippen LogP contribution is 2.70. The first-order chi connectivity index (χ1) is 9.59. The third-order valence-electron chi connectivity index (χ3n) is 4.90. The number of carbonyl (C=O) groups excluding carboxylic acids is 1. The van der Waals surface area contributed by atoms with Crippen molar-refractivity contribution in [2.75, 3.05) is 13.1 Å². The SMILES string of the molecule is O=C(N1CCC(Oc2ccccc2)C1)C12CC(F)(C1)C2. The third-order valence-corrected chi connectivity index (χ3v) is 4.90. The Bertz CT molecular complexity index is 525. The van der Waals surface area contributed by atoms with E-state index in [-0.39, 0.29) is 17.4 Å². The Hall–Kier alpha value is -1.58. The van der Waals surface area contributed by atoms with Gasteiger partial charge in [-0.2, -0.15) is 0 Å². The molecule has 3 nitrogen and oxygen atoms in total. The molecule has 0 aromatic heterocycles. The van der Waals surface area contributed by atoms with Crippen LogP contribution in [0.25, 0.3) is 0 Å². The standard InChI is InChI=1S/C16H18FNO2/c17-16-9-15(10-16,11-16)14(19)18-7-6-13(8-18)20-12-4-2-1-3-5-12/h1-5,13H,6-11H2. The highest BCUT2D eigenvalue weighted by atomic mass is 19.1. The van der Waals surface area contributed by atoms with E-state index in [4.69, 9.17) is 4.74 Å². The van der Waals surface area contributed by atoms with Crippen molar-refractivity contribution in [3.05, 3.63) is 30.3 Å². The highest BCUT2D eigenvalue weighted by molar-refractivity contribution is 5.87. The molecule has 4 fully saturated rings. The molecule has 1 saturated heterocycles. The molecule has 20 heavy (non-hydrogen) atoms. The molecule has 106 valence electrons. The molecule has 1 heterocycles. The van der Waals surface area contributed by atoms with Gasteiger partial charge in [-0.25, -0.2) is 4.39 Å². The summed E-state index contributed by atoms with van der Waals surface area (Å²) in [6.07, 6.45) is 2.25. The molecule has 0 N–H and O–H groups in total. The molecule has 3 saturated carbocycles. The van der Waals surface area contributed by atoms with E-state index in [1.165, 1.54) is 0 Å². The molecule has 1 aliphatic heterocycles. The number of alkyl halides is 1. The van der Waals surface area contributed by atoms with Crippen LogP contribution in [0.1, 0.15) is 25.7 Å². The van der Waals surface area contributed by atoms with E-state index < -0.39 is 5.67 Å². The molecule has 0 spiro atoms. The van der Waals surface area contributed by atoms with E-state index in [1.54, 1.807) is 0 Å². The molecule has 3 aliphatic carbocycles. The van der Waals surface area contributed by atoms with Crippen molar-refractivity contribution in [2.45, 2.75) is 37.5 Å². The van der Waals surface area contributed by atoms with E-state index in [0.29, 0.717) is 25.8 Å². The summed E-state index contributed by atoms with van der Waals surface area (Å²) in [5.74, 6) is 0.996. The van der Waals surface area contributed by atoms with Crippen LogP contribution in [0.15, 0.2) is 30.3 Å². The quantitative estimate of drug-likeness (QED) is 0.848. The molecular formula is C16H18FNO2. The first-order valence-corrected chi connectivity index (χ1v) is 7.29. The third kappa shape index (κ3) is 1.74. The number of rotatable bonds is 3. The number of hydrogen-bond acceptors (Lipinski definition) is 2. The number of halogens is 1. The molecule has 1 atom stereocenters. The number of hydrogen-bond donors (Lipinski definition) is 0. The maximum absolute atomic E-state index is 13.5. The minimum absolute atomic E-state index is 0.0630. The molecule has 2 bridgehead atoms. The fourth-order valence-corrected chi connectivity index (χ4v) is 3.93. The van der Waals surface area contributed by atoms with Gasteiger partial charge in [0.2, 0.25) is 5.91 Å². The molecule has 1 amide bonds. The minimum atomic E-state index is -1.00. The summed E-state index contributed by atoms with van der Waals surface area (Å²) in [4.78, 5) is 14.3. The Morgan fingerprint density at radius 2 is 1.95 bits per heavy atom. The fraction of sp³-hybridized carbons (Fsp3) is 0.562. The van der Waals surface area contributed by atoms with E-state index in [9.17, 15) is 9.18 Å². The van der Waals surface area contributed by atoms with Gasteiger partial charge >= 0.3 is 0 Å². The topological polar surface area (TPSA) is 29.5 Å². The van der Waals surface area contributed by atoms with Crippen LogP contribution in [-0.2, 0) is 4.79 Å². The van der Waals surface area contributed by atoms with Gasteiger partial charge in [-0.3, -0.25) is 4.79 Å². The van der Waals surface area contributed by atoms with Gasteiger partial charge in [0, 0.05) is 13.0 Å². The summed E-state index contributed by atoms with van der Waals surface area (Å²) < 4.78 is 19.4. The number of likely N-dealkylation sites (tertiary alicyclic amines) is 1. The van der Waals surface area contributed by atoms with Crippen molar-refractivity contribution < 1.29 is 13.9 Å². The predicted octanol–water partition coefficient (Wildman–Crippen LogP) is 2.56. The van der Waals surface area contributed by atoms with E-state index in [1.807, 2.05) is 35.2 Å². The number of amides is 1. The highest BCUT2D eigenvalue weighted by Gasteiger charge is 2.73. The van der Waals surface area contributed by atoms with E-state index in [2.05, 4.69) is 0 Å². The van der Waals surface area contributed by atoms with Gasteiger partial charge in [0.1, 0.15) is 17.5 Å². The van der Waals surface area contributed by atoms with Crippen LogP contribution < -0.4 is 4.74 Å². The maximum Gasteiger partial charge on any atom is 0.229 e. The number of carbonyl (C=O) groups is 1. The molecule has 1 aromatic rings. The second-order valence-corrected chi connectivity index (χ2v) is 6.55. The fourth-order valence-electron chi connectivity index (χ4n) is 3.93. The zero-order valence-electron chi connectivity index (χ0n) is 11.3. The van der Waals surface area contributed by atoms with Gasteiger partial charge in [-0.1, -0.05) is 18.2 Å². The molecular weight excluding hydrogens is 257 g/mol. The normalized spacial score (nSPS) is 38.0. The number of ether oxygens (including phenoxy) is 1. The van der Waals surface area contributed by atoms with Crippen molar-refractivity contribution in [3.8, 4) is 5.75 Å². The van der Waals surface area contributed by atoms with Gasteiger partial charge in [-0.05, 0) is 31.4 Å². The average molecular weight is 275 g/mol. The number of benzene rings is 1. The van der Waals surface area contributed by atoms with Gasteiger partial charge in [0.15, 0.2) is 0 Å². The van der Waals surface area contributed by atoms with Crippen LogP contribution in [0.3, 0.4) is 0 Å². The first kappa shape index (κ1) is 12.2. The molecule has 0 radical (unpaired) electrons. The van der Waals surface area contributed by atoms with Crippen LogP contribution >= 0.6 is 0 Å². The van der Waals surface area contributed by atoms with Crippen molar-refractivity contribution in [1.82, 2.24) is 4.90 Å². The minimum Gasteiger partial charge on any atom is -0.489 e. The number of para-hydroxylation sites is 1. The summed E-state index contributed by atoms with van der Waals surface area (Å²) in [5, 5.41) is 0. The molecule has 5 rings (SSSR count). The Kier molecular flexibility index (Phi) is 2.41. The Labute approximate surface area is 117 Å². The second-order valence-electron chi connectivity index (χ2n) is 6.55. The monoisotopic (exact) mass is 275 g/mol. The average Bonchev–Trinajstić information content (AvgIpc) is 2.83. The van der Waals surface area contributed by atoms with Crippen LogP contribution in [0.5, 0.6) is 5.75 Å². The predicted molar refractivity (Wildman–Crippen MR) is 72.2 cm³/mol. The zero-order chi connectivity index (χ0) is 13.8. The summed E-state index contributed by atoms with van der Waals surface area (Å²) in [5.41, 5.74) is -1.36. The lowest BCUT2D eigenvalue weighted by Gasteiger charge is -2.64. The van der Waals surface area contributed by atoms with Gasteiger partial charge < -0.3 is 9.64 Å². The summed E-state index contributed by atoms with van der Waals surface area (Å²) in [6.45, 7) is 1.37. The Morgan fingerprint density at radius 3 is 2.60 bits per heavy atom. The summed E-state index contributed by atoms with van der Waals surface area (Å²) >= 11 is 0. The zero-order valence-corrected chi connectivity index (χ0v) is 11.3. The second kappa shape index (κ2) is 3.96. The lowest BCUT2D eigenvalue weighted by atomic mass is 9.42. The number of nitrogens with zero attached hydrogens (tertiary/aromatic N) is 1. The summed E-state index contributed by atoms with van der Waals surface area (Å²) in [6, 6.07) is 9.69. The van der Waals surface area contributed by atoms with E-state index in [0.717, 1.165) is 18.7 Å². The lowest BCUT2D eigenvalue weighted by molar-refractivity contribution is -0.221. The van der Waals surface area contributed by atoms with Gasteiger partial charge in [0.05, 0.1) is 12.0 Å². The first-order valence-electron chi connectivity index (χ1n) is 7.29. The smallest absolute Gasteiger partial charge is 0.229 e. The summed E-state index contributed by atoms with van der Waals surface area (Å²) in [7, 11) is 0. The Balaban J connectivity index is 1.36. The van der Waals surface area contributed by atoms with Crippen LogP contribution in [0, 0.1) is 5.41 Å². The van der Waals surface area contributed by atoms with Crippen LogP contribution in [0.2, 0.25) is 0 Å². The largest absolute Gasteiger partial charge is 0.489 e. The van der Waals surface area contributed by atoms with Crippen LogP contribution in [0.4, 0.5) is 4.39 Å². The molecule has 1 unspecified atom stereocenters. The lowest BCUT2D eigenvalue weighted by Crippen LogP contribution is -2.70. The molecule has 4 aliphatic rings. The van der Waals surface area contributed by atoms with Crippen molar-refractivity contribution in [2.24, 2.45) is 5.41 Å². The van der Waals surface area contributed by atoms with Crippen molar-refractivity contribution in [1.29, 1.82) is 0 Å².